The Bertz CT molecular complexity index is 152. The Kier molecular flexibility index (Phi) is 3.73. The SMILES string of the molecule is CC(CCCN)C(=O)C1CCC1. The standard InChI is InChI=1S/C10H19NO/c1-8(4-3-7-11)10(12)9-5-2-6-9/h8-9H,2-7,11H2,1H3. The summed E-state index contributed by atoms with van der Waals surface area (Å²) in [5, 5.41) is 0. The van der Waals surface area contributed by atoms with Gasteiger partial charge in [-0.25, -0.2) is 0 Å². The molecule has 1 atom stereocenters. The van der Waals surface area contributed by atoms with Crippen molar-refractivity contribution in [2.75, 3.05) is 6.54 Å². The van der Waals surface area contributed by atoms with Crippen molar-refractivity contribution in [1.29, 1.82) is 0 Å². The summed E-state index contributed by atoms with van der Waals surface area (Å²) >= 11 is 0. The Morgan fingerprint density at radius 2 is 2.25 bits per heavy atom. The molecule has 70 valence electrons. The van der Waals surface area contributed by atoms with Gasteiger partial charge in [-0.3, -0.25) is 4.79 Å². The molecule has 1 rings (SSSR count). The molecule has 0 aromatic rings. The predicted octanol–water partition coefficient (Wildman–Crippen LogP) is 1.73. The fourth-order valence-corrected chi connectivity index (χ4v) is 1.66. The van der Waals surface area contributed by atoms with Crippen molar-refractivity contribution >= 4 is 5.78 Å². The van der Waals surface area contributed by atoms with Crippen LogP contribution in [0.3, 0.4) is 0 Å². The van der Waals surface area contributed by atoms with Gasteiger partial charge in [-0.05, 0) is 32.2 Å². The van der Waals surface area contributed by atoms with Crippen LogP contribution in [0.1, 0.15) is 39.0 Å². The van der Waals surface area contributed by atoms with Gasteiger partial charge >= 0.3 is 0 Å². The minimum absolute atomic E-state index is 0.249. The normalized spacial score (nSPS) is 20.2. The number of hydrogen-bond donors (Lipinski definition) is 1. The Morgan fingerprint density at radius 3 is 2.67 bits per heavy atom. The van der Waals surface area contributed by atoms with Crippen molar-refractivity contribution in [3.63, 3.8) is 0 Å². The molecule has 2 N–H and O–H groups in total. The van der Waals surface area contributed by atoms with Crippen LogP contribution in [0.5, 0.6) is 0 Å². The van der Waals surface area contributed by atoms with Gasteiger partial charge in [0.25, 0.3) is 0 Å². The van der Waals surface area contributed by atoms with E-state index in [2.05, 4.69) is 0 Å². The molecule has 0 radical (unpaired) electrons. The number of ketones is 1. The number of carbonyl (C=O) groups is 1. The topological polar surface area (TPSA) is 43.1 Å². The van der Waals surface area contributed by atoms with E-state index in [1.165, 1.54) is 6.42 Å². The second-order valence-corrected chi connectivity index (χ2v) is 3.86. The Labute approximate surface area is 74.5 Å². The molecule has 1 saturated carbocycles. The molecule has 2 nitrogen and oxygen atoms in total. The molecule has 12 heavy (non-hydrogen) atoms. The predicted molar refractivity (Wildman–Crippen MR) is 49.8 cm³/mol. The average Bonchev–Trinajstić information content (AvgIpc) is 1.96. The van der Waals surface area contributed by atoms with E-state index in [1.807, 2.05) is 6.92 Å². The van der Waals surface area contributed by atoms with Gasteiger partial charge < -0.3 is 5.73 Å². The first-order valence-electron chi connectivity index (χ1n) is 4.99. The van der Waals surface area contributed by atoms with Crippen LogP contribution in [0.2, 0.25) is 0 Å². The molecule has 1 fully saturated rings. The maximum absolute atomic E-state index is 11.6. The molecule has 0 aromatic carbocycles. The van der Waals surface area contributed by atoms with Crippen molar-refractivity contribution in [2.24, 2.45) is 17.6 Å². The van der Waals surface area contributed by atoms with Crippen LogP contribution in [-0.2, 0) is 4.79 Å². The zero-order valence-corrected chi connectivity index (χ0v) is 7.88. The van der Waals surface area contributed by atoms with Crippen LogP contribution in [0.4, 0.5) is 0 Å². The first kappa shape index (κ1) is 9.72. The van der Waals surface area contributed by atoms with Crippen molar-refractivity contribution in [3.8, 4) is 0 Å². The van der Waals surface area contributed by atoms with Gasteiger partial charge in [-0.1, -0.05) is 13.3 Å². The zero-order chi connectivity index (χ0) is 8.97. The summed E-state index contributed by atoms with van der Waals surface area (Å²) in [6.07, 6.45) is 5.48. The summed E-state index contributed by atoms with van der Waals surface area (Å²) in [7, 11) is 0. The summed E-state index contributed by atoms with van der Waals surface area (Å²) in [4.78, 5) is 11.6. The highest BCUT2D eigenvalue weighted by molar-refractivity contribution is 5.83. The van der Waals surface area contributed by atoms with E-state index in [4.69, 9.17) is 5.73 Å². The summed E-state index contributed by atoms with van der Waals surface area (Å²) in [6.45, 7) is 2.75. The van der Waals surface area contributed by atoms with Crippen LogP contribution in [-0.4, -0.2) is 12.3 Å². The first-order valence-corrected chi connectivity index (χ1v) is 4.99. The molecule has 1 aliphatic carbocycles. The van der Waals surface area contributed by atoms with E-state index in [-0.39, 0.29) is 5.92 Å². The third kappa shape index (κ3) is 2.31. The van der Waals surface area contributed by atoms with Gasteiger partial charge in [-0.2, -0.15) is 0 Å². The number of Topliss-reactive ketones (excluding diaryl/α,β-unsaturated/α-hetero) is 1. The maximum atomic E-state index is 11.6. The highest BCUT2D eigenvalue weighted by Crippen LogP contribution is 2.30. The lowest BCUT2D eigenvalue weighted by Gasteiger charge is -2.26. The molecule has 0 spiro atoms. The van der Waals surface area contributed by atoms with Crippen LogP contribution in [0, 0.1) is 11.8 Å². The van der Waals surface area contributed by atoms with E-state index in [0.717, 1.165) is 25.7 Å². The molecule has 1 aliphatic rings. The van der Waals surface area contributed by atoms with Crippen molar-refractivity contribution in [2.45, 2.75) is 39.0 Å². The third-order valence-corrected chi connectivity index (χ3v) is 2.83. The van der Waals surface area contributed by atoms with E-state index >= 15 is 0 Å². The lowest BCUT2D eigenvalue weighted by atomic mass is 9.77. The van der Waals surface area contributed by atoms with Crippen LogP contribution < -0.4 is 5.73 Å². The highest BCUT2D eigenvalue weighted by Gasteiger charge is 2.28. The zero-order valence-electron chi connectivity index (χ0n) is 7.88. The maximum Gasteiger partial charge on any atom is 0.138 e. The molecule has 0 bridgehead atoms. The van der Waals surface area contributed by atoms with Gasteiger partial charge in [0.05, 0.1) is 0 Å². The molecular formula is C10H19NO. The quantitative estimate of drug-likeness (QED) is 0.681. The fraction of sp³-hybridized carbons (Fsp3) is 0.900. The van der Waals surface area contributed by atoms with Crippen LogP contribution >= 0.6 is 0 Å². The van der Waals surface area contributed by atoms with E-state index < -0.39 is 0 Å². The molecular weight excluding hydrogens is 150 g/mol. The van der Waals surface area contributed by atoms with Gasteiger partial charge in [0.1, 0.15) is 5.78 Å². The lowest BCUT2D eigenvalue weighted by Crippen LogP contribution is -2.27. The number of nitrogens with two attached hydrogens (primary N) is 1. The van der Waals surface area contributed by atoms with Crippen LogP contribution in [0.25, 0.3) is 0 Å². The van der Waals surface area contributed by atoms with Gasteiger partial charge in [0.15, 0.2) is 0 Å². The third-order valence-electron chi connectivity index (χ3n) is 2.83. The van der Waals surface area contributed by atoms with Crippen molar-refractivity contribution in [3.05, 3.63) is 0 Å². The minimum atomic E-state index is 0.249. The Hall–Kier alpha value is -0.370. The summed E-state index contributed by atoms with van der Waals surface area (Å²) in [5.74, 6) is 1.13. The van der Waals surface area contributed by atoms with E-state index in [1.54, 1.807) is 0 Å². The van der Waals surface area contributed by atoms with Gasteiger partial charge in [0, 0.05) is 11.8 Å². The number of hydrogen-bond acceptors (Lipinski definition) is 2. The van der Waals surface area contributed by atoms with E-state index in [9.17, 15) is 4.79 Å². The average molecular weight is 169 g/mol. The highest BCUT2D eigenvalue weighted by atomic mass is 16.1. The second-order valence-electron chi connectivity index (χ2n) is 3.86. The molecule has 2 heteroatoms. The lowest BCUT2D eigenvalue weighted by molar-refractivity contribution is -0.128. The smallest absolute Gasteiger partial charge is 0.138 e. The monoisotopic (exact) mass is 169 g/mol. The molecule has 0 saturated heterocycles. The largest absolute Gasteiger partial charge is 0.330 e. The summed E-state index contributed by atoms with van der Waals surface area (Å²) in [6, 6.07) is 0. The minimum Gasteiger partial charge on any atom is -0.330 e. The summed E-state index contributed by atoms with van der Waals surface area (Å²) < 4.78 is 0. The van der Waals surface area contributed by atoms with Crippen molar-refractivity contribution < 1.29 is 4.79 Å². The van der Waals surface area contributed by atoms with Crippen LogP contribution in [0.15, 0.2) is 0 Å². The molecule has 0 amide bonds. The summed E-state index contributed by atoms with van der Waals surface area (Å²) in [5.41, 5.74) is 5.39. The Balaban J connectivity index is 2.20. The van der Waals surface area contributed by atoms with Gasteiger partial charge in [-0.15, -0.1) is 0 Å². The fourth-order valence-electron chi connectivity index (χ4n) is 1.66. The molecule has 0 aliphatic heterocycles. The number of carbonyl (C=O) groups excluding carboxylic acids is 1. The second kappa shape index (κ2) is 4.61. The first-order chi connectivity index (χ1) is 5.75. The molecule has 1 unspecified atom stereocenters. The van der Waals surface area contributed by atoms with Gasteiger partial charge in [0.2, 0.25) is 0 Å². The number of rotatable bonds is 5. The molecule has 0 aromatic heterocycles. The molecule has 0 heterocycles. The Morgan fingerprint density at radius 1 is 1.58 bits per heavy atom. The van der Waals surface area contributed by atoms with E-state index in [0.29, 0.717) is 18.2 Å². The van der Waals surface area contributed by atoms with Crippen molar-refractivity contribution in [1.82, 2.24) is 0 Å².